The third-order valence-electron chi connectivity index (χ3n) is 2.79. The molecule has 0 rings (SSSR count). The van der Waals surface area contributed by atoms with Gasteiger partial charge in [-0.25, -0.2) is 0 Å². The van der Waals surface area contributed by atoms with Crippen molar-refractivity contribution in [1.82, 2.24) is 0 Å². The highest BCUT2D eigenvalue weighted by Crippen LogP contribution is 2.08. The molecule has 0 fully saturated rings. The minimum atomic E-state index is 0.285. The Labute approximate surface area is 101 Å². The van der Waals surface area contributed by atoms with Crippen LogP contribution in [0.25, 0.3) is 0 Å². The van der Waals surface area contributed by atoms with Crippen molar-refractivity contribution in [3.05, 3.63) is 0 Å². The number of ketones is 1. The second-order valence-corrected chi connectivity index (χ2v) is 4.69. The highest BCUT2D eigenvalue weighted by Gasteiger charge is 2.01. The molecule has 0 N–H and O–H groups in total. The van der Waals surface area contributed by atoms with Crippen LogP contribution in [0, 0.1) is 0 Å². The number of carbonyl (C=O) groups is 1. The lowest BCUT2D eigenvalue weighted by atomic mass is 10.1. The molecule has 2 nitrogen and oxygen atoms in total. The third kappa shape index (κ3) is 11.7. The van der Waals surface area contributed by atoms with Crippen LogP contribution in [-0.2, 0) is 9.53 Å². The molecule has 0 aromatic carbocycles. The first-order valence-corrected chi connectivity index (χ1v) is 6.77. The van der Waals surface area contributed by atoms with Crippen LogP contribution < -0.4 is 0 Å². The monoisotopic (exact) mass is 228 g/mol. The predicted octanol–water partition coefficient (Wildman–Crippen LogP) is 4.12. The zero-order valence-corrected chi connectivity index (χ0v) is 11.3. The van der Waals surface area contributed by atoms with Crippen LogP contribution in [0.1, 0.15) is 72.1 Å². The van der Waals surface area contributed by atoms with Crippen molar-refractivity contribution in [2.24, 2.45) is 0 Å². The summed E-state index contributed by atoms with van der Waals surface area (Å²) < 4.78 is 5.69. The van der Waals surface area contributed by atoms with E-state index in [4.69, 9.17) is 4.74 Å². The standard InChI is InChI=1S/C14H28O2/c1-4-5-6-7-11-14(3)16-12-9-8-10-13(2)15/h14H,4-12H2,1-3H3. The zero-order chi connectivity index (χ0) is 12.2. The number of Topliss-reactive ketones (excluding diaryl/α,β-unsaturated/α-hetero) is 1. The molecule has 96 valence electrons. The molecule has 0 aromatic rings. The maximum absolute atomic E-state index is 10.7. The molecule has 2 heteroatoms. The molecule has 0 aliphatic carbocycles. The second kappa shape index (κ2) is 11.1. The molecular formula is C14H28O2. The predicted molar refractivity (Wildman–Crippen MR) is 68.7 cm³/mol. The fraction of sp³-hybridized carbons (Fsp3) is 0.929. The molecule has 0 aliphatic heterocycles. The van der Waals surface area contributed by atoms with Gasteiger partial charge in [-0.1, -0.05) is 32.6 Å². The summed E-state index contributed by atoms with van der Waals surface area (Å²) in [4.78, 5) is 10.7. The third-order valence-corrected chi connectivity index (χ3v) is 2.79. The van der Waals surface area contributed by atoms with Crippen LogP contribution in [0.5, 0.6) is 0 Å². The van der Waals surface area contributed by atoms with Crippen LogP contribution in [0.3, 0.4) is 0 Å². The summed E-state index contributed by atoms with van der Waals surface area (Å²) in [5.41, 5.74) is 0. The van der Waals surface area contributed by atoms with Crippen molar-refractivity contribution >= 4 is 5.78 Å². The summed E-state index contributed by atoms with van der Waals surface area (Å²) >= 11 is 0. The molecule has 0 saturated heterocycles. The first-order chi connectivity index (χ1) is 7.66. The van der Waals surface area contributed by atoms with Gasteiger partial charge in [0.1, 0.15) is 5.78 Å². The van der Waals surface area contributed by atoms with Crippen molar-refractivity contribution in [3.63, 3.8) is 0 Å². The van der Waals surface area contributed by atoms with Crippen molar-refractivity contribution in [3.8, 4) is 0 Å². The van der Waals surface area contributed by atoms with Gasteiger partial charge < -0.3 is 9.53 Å². The summed E-state index contributed by atoms with van der Waals surface area (Å²) in [5, 5.41) is 0. The zero-order valence-electron chi connectivity index (χ0n) is 11.3. The molecule has 0 bridgehead atoms. The van der Waals surface area contributed by atoms with Gasteiger partial charge in [0.25, 0.3) is 0 Å². The fourth-order valence-corrected chi connectivity index (χ4v) is 1.70. The first kappa shape index (κ1) is 15.6. The minimum Gasteiger partial charge on any atom is -0.379 e. The van der Waals surface area contributed by atoms with Gasteiger partial charge in [0, 0.05) is 13.0 Å². The molecule has 1 unspecified atom stereocenters. The van der Waals surface area contributed by atoms with Crippen molar-refractivity contribution < 1.29 is 9.53 Å². The largest absolute Gasteiger partial charge is 0.379 e. The van der Waals surface area contributed by atoms with Gasteiger partial charge in [-0.3, -0.25) is 0 Å². The Hall–Kier alpha value is -0.370. The van der Waals surface area contributed by atoms with E-state index in [0.29, 0.717) is 12.5 Å². The summed E-state index contributed by atoms with van der Waals surface area (Å²) in [6, 6.07) is 0. The maximum Gasteiger partial charge on any atom is 0.129 e. The van der Waals surface area contributed by atoms with E-state index >= 15 is 0 Å². The van der Waals surface area contributed by atoms with E-state index in [1.54, 1.807) is 6.92 Å². The van der Waals surface area contributed by atoms with E-state index in [1.165, 1.54) is 32.1 Å². The molecule has 0 spiro atoms. The van der Waals surface area contributed by atoms with Crippen LogP contribution in [-0.4, -0.2) is 18.5 Å². The molecule has 16 heavy (non-hydrogen) atoms. The van der Waals surface area contributed by atoms with E-state index in [9.17, 15) is 4.79 Å². The topological polar surface area (TPSA) is 26.3 Å². The Morgan fingerprint density at radius 1 is 1.12 bits per heavy atom. The molecule has 1 atom stereocenters. The number of rotatable bonds is 11. The van der Waals surface area contributed by atoms with Crippen LogP contribution in [0.4, 0.5) is 0 Å². The molecule has 0 radical (unpaired) electrons. The summed E-state index contributed by atoms with van der Waals surface area (Å²) in [6.07, 6.45) is 9.48. The molecule has 0 heterocycles. The van der Waals surface area contributed by atoms with Crippen molar-refractivity contribution in [2.75, 3.05) is 6.61 Å². The van der Waals surface area contributed by atoms with E-state index in [0.717, 1.165) is 19.4 Å². The summed E-state index contributed by atoms with van der Waals surface area (Å²) in [5.74, 6) is 0.285. The second-order valence-electron chi connectivity index (χ2n) is 4.69. The molecule has 0 aliphatic rings. The number of ether oxygens (including phenoxy) is 1. The Kier molecular flexibility index (Phi) is 10.9. The molecule has 0 saturated carbocycles. The Morgan fingerprint density at radius 2 is 1.88 bits per heavy atom. The van der Waals surface area contributed by atoms with Gasteiger partial charge in [-0.15, -0.1) is 0 Å². The van der Waals surface area contributed by atoms with Crippen LogP contribution in [0.15, 0.2) is 0 Å². The Morgan fingerprint density at radius 3 is 2.50 bits per heavy atom. The van der Waals surface area contributed by atoms with E-state index < -0.39 is 0 Å². The quantitative estimate of drug-likeness (QED) is 0.497. The number of carbonyl (C=O) groups excluding carboxylic acids is 1. The average Bonchev–Trinajstić information content (AvgIpc) is 2.23. The van der Waals surface area contributed by atoms with E-state index in [1.807, 2.05) is 0 Å². The van der Waals surface area contributed by atoms with Gasteiger partial charge in [-0.05, 0) is 33.1 Å². The average molecular weight is 228 g/mol. The number of unbranched alkanes of at least 4 members (excludes halogenated alkanes) is 4. The highest BCUT2D eigenvalue weighted by molar-refractivity contribution is 5.75. The lowest BCUT2D eigenvalue weighted by molar-refractivity contribution is -0.117. The Balaban J connectivity index is 3.17. The molecular weight excluding hydrogens is 200 g/mol. The molecule has 0 aromatic heterocycles. The lowest BCUT2D eigenvalue weighted by Crippen LogP contribution is -2.09. The molecule has 0 amide bonds. The van der Waals surface area contributed by atoms with Crippen LogP contribution in [0.2, 0.25) is 0 Å². The van der Waals surface area contributed by atoms with E-state index in [-0.39, 0.29) is 5.78 Å². The Bertz CT molecular complexity index is 166. The van der Waals surface area contributed by atoms with Gasteiger partial charge in [-0.2, -0.15) is 0 Å². The van der Waals surface area contributed by atoms with Gasteiger partial charge in [0.2, 0.25) is 0 Å². The van der Waals surface area contributed by atoms with Crippen LogP contribution >= 0.6 is 0 Å². The summed E-state index contributed by atoms with van der Waals surface area (Å²) in [6.45, 7) is 6.84. The van der Waals surface area contributed by atoms with Gasteiger partial charge in [0.15, 0.2) is 0 Å². The summed E-state index contributed by atoms with van der Waals surface area (Å²) in [7, 11) is 0. The van der Waals surface area contributed by atoms with Crippen molar-refractivity contribution in [1.29, 1.82) is 0 Å². The number of hydrogen-bond acceptors (Lipinski definition) is 2. The van der Waals surface area contributed by atoms with Crippen molar-refractivity contribution in [2.45, 2.75) is 78.2 Å². The minimum absolute atomic E-state index is 0.285. The maximum atomic E-state index is 10.7. The van der Waals surface area contributed by atoms with Gasteiger partial charge in [0.05, 0.1) is 6.10 Å². The fourth-order valence-electron chi connectivity index (χ4n) is 1.70. The number of hydrogen-bond donors (Lipinski definition) is 0. The van der Waals surface area contributed by atoms with Gasteiger partial charge >= 0.3 is 0 Å². The van der Waals surface area contributed by atoms with E-state index in [2.05, 4.69) is 13.8 Å². The highest BCUT2D eigenvalue weighted by atomic mass is 16.5. The lowest BCUT2D eigenvalue weighted by Gasteiger charge is -2.12. The first-order valence-electron chi connectivity index (χ1n) is 6.77. The SMILES string of the molecule is CCCCCCC(C)OCCCCC(C)=O. The smallest absolute Gasteiger partial charge is 0.129 e. The normalized spacial score (nSPS) is 12.7.